The molecule has 214 valence electrons. The van der Waals surface area contributed by atoms with E-state index in [1.165, 1.54) is 28.8 Å². The minimum absolute atomic E-state index is 0.126. The summed E-state index contributed by atoms with van der Waals surface area (Å²) in [5, 5.41) is 24.3. The van der Waals surface area contributed by atoms with Crippen LogP contribution in [0.25, 0.3) is 38.6 Å². The molecule has 44 heavy (non-hydrogen) atoms. The fourth-order valence-corrected chi connectivity index (χ4v) is 6.02. The van der Waals surface area contributed by atoms with E-state index < -0.39 is 22.9 Å². The lowest BCUT2D eigenvalue weighted by Crippen LogP contribution is -2.28. The van der Waals surface area contributed by atoms with Crippen LogP contribution >= 0.6 is 0 Å². The second-order valence-electron chi connectivity index (χ2n) is 10.6. The van der Waals surface area contributed by atoms with Crippen molar-refractivity contribution >= 4 is 21.8 Å². The Morgan fingerprint density at radius 1 is 0.636 bits per heavy atom. The molecule has 0 radical (unpaired) electrons. The second-order valence-corrected chi connectivity index (χ2v) is 10.6. The number of aromatic nitrogens is 2. The molecule has 0 aliphatic rings. The number of pyridine rings is 2. The lowest BCUT2D eigenvalue weighted by molar-refractivity contribution is 0.462. The first-order chi connectivity index (χ1) is 21.4. The Kier molecular flexibility index (Phi) is 6.55. The third-order valence-corrected chi connectivity index (χ3v) is 8.03. The van der Waals surface area contributed by atoms with Crippen LogP contribution in [0.5, 0.6) is 11.5 Å². The topological polar surface area (TPSA) is 95.3 Å². The van der Waals surface area contributed by atoms with Crippen LogP contribution in [-0.2, 0) is 0 Å². The predicted octanol–water partition coefficient (Wildman–Crippen LogP) is 7.23. The SMILES string of the molecule is O=c1[nH]c2c(-c3ccccc3)cccc2c(O)c1[C@H](c1ccc(F)cc1)c1c(O)c2ccccc2n(-c2ccccc2)c1=O. The van der Waals surface area contributed by atoms with Crippen molar-refractivity contribution in [2.24, 2.45) is 0 Å². The molecule has 6 nitrogen and oxygen atoms in total. The first kappa shape index (κ1) is 26.9. The standard InChI is InChI=1S/C37H25FN2O4/c38-24-20-18-23(19-21-24)30(31-35(42)28-16-9-15-26(33(28)39-36(31)43)22-10-3-1-4-11-22)32-34(41)27-14-7-8-17-29(27)40(37(32)44)25-12-5-2-6-13-25/h1-21,30,41H,(H2,39,42,43)/t30-/m0/s1. The number of fused-ring (bicyclic) bond motifs is 2. The average molecular weight is 581 g/mol. The molecule has 0 spiro atoms. The van der Waals surface area contributed by atoms with Gasteiger partial charge in [-0.2, -0.15) is 0 Å². The van der Waals surface area contributed by atoms with Crippen LogP contribution in [0.2, 0.25) is 0 Å². The fraction of sp³-hybridized carbons (Fsp3) is 0.0270. The second kappa shape index (κ2) is 10.7. The van der Waals surface area contributed by atoms with E-state index in [1.54, 1.807) is 60.7 Å². The molecular weight excluding hydrogens is 555 g/mol. The third-order valence-electron chi connectivity index (χ3n) is 8.03. The number of benzene rings is 5. The van der Waals surface area contributed by atoms with Crippen LogP contribution in [0, 0.1) is 5.82 Å². The normalized spacial score (nSPS) is 12.0. The minimum atomic E-state index is -1.25. The van der Waals surface area contributed by atoms with Gasteiger partial charge in [-0.15, -0.1) is 0 Å². The average Bonchev–Trinajstić information content (AvgIpc) is 3.05. The van der Waals surface area contributed by atoms with Gasteiger partial charge in [-0.25, -0.2) is 4.39 Å². The summed E-state index contributed by atoms with van der Waals surface area (Å²) in [5.74, 6) is -2.43. The quantitative estimate of drug-likeness (QED) is 0.200. The van der Waals surface area contributed by atoms with Crippen LogP contribution in [0.4, 0.5) is 4.39 Å². The van der Waals surface area contributed by atoms with Gasteiger partial charge in [0, 0.05) is 22.0 Å². The van der Waals surface area contributed by atoms with Gasteiger partial charge in [0.15, 0.2) is 0 Å². The summed E-state index contributed by atoms with van der Waals surface area (Å²) < 4.78 is 15.6. The molecule has 0 unspecified atom stereocenters. The number of aromatic hydroxyl groups is 2. The van der Waals surface area contributed by atoms with Gasteiger partial charge in [0.1, 0.15) is 17.3 Å². The fourth-order valence-electron chi connectivity index (χ4n) is 6.02. The van der Waals surface area contributed by atoms with Crippen LogP contribution in [0.15, 0.2) is 137 Å². The molecule has 3 N–H and O–H groups in total. The summed E-state index contributed by atoms with van der Waals surface area (Å²) >= 11 is 0. The zero-order valence-corrected chi connectivity index (χ0v) is 23.2. The first-order valence-electron chi connectivity index (χ1n) is 14.0. The van der Waals surface area contributed by atoms with Gasteiger partial charge in [0.2, 0.25) is 0 Å². The van der Waals surface area contributed by atoms with Crippen molar-refractivity contribution in [1.82, 2.24) is 9.55 Å². The highest BCUT2D eigenvalue weighted by Crippen LogP contribution is 2.43. The summed E-state index contributed by atoms with van der Waals surface area (Å²) in [4.78, 5) is 31.5. The van der Waals surface area contributed by atoms with Gasteiger partial charge in [-0.3, -0.25) is 14.2 Å². The Balaban J connectivity index is 1.59. The van der Waals surface area contributed by atoms with Crippen molar-refractivity contribution in [1.29, 1.82) is 0 Å². The molecule has 2 aromatic heterocycles. The van der Waals surface area contributed by atoms with E-state index in [0.717, 1.165) is 5.56 Å². The lowest BCUT2D eigenvalue weighted by Gasteiger charge is -2.23. The molecule has 0 aliphatic heterocycles. The van der Waals surface area contributed by atoms with Crippen LogP contribution in [0.3, 0.4) is 0 Å². The molecular formula is C37H25FN2O4. The summed E-state index contributed by atoms with van der Waals surface area (Å²) in [6, 6.07) is 36.0. The number of H-pyrrole nitrogens is 1. The maximum absolute atomic E-state index is 14.5. The molecule has 0 fully saturated rings. The van der Waals surface area contributed by atoms with E-state index in [0.29, 0.717) is 38.6 Å². The number of nitrogens with one attached hydrogen (secondary N) is 1. The monoisotopic (exact) mass is 580 g/mol. The third kappa shape index (κ3) is 4.34. The zero-order chi connectivity index (χ0) is 30.4. The highest BCUT2D eigenvalue weighted by atomic mass is 19.1. The molecule has 0 saturated heterocycles. The highest BCUT2D eigenvalue weighted by Gasteiger charge is 2.32. The number of hydrogen-bond acceptors (Lipinski definition) is 4. The Bertz CT molecular complexity index is 2290. The van der Waals surface area contributed by atoms with E-state index in [9.17, 15) is 24.2 Å². The number of nitrogens with zero attached hydrogens (tertiary/aromatic N) is 1. The smallest absolute Gasteiger partial charge is 0.263 e. The zero-order valence-electron chi connectivity index (χ0n) is 23.2. The number of rotatable bonds is 5. The number of aromatic amines is 1. The summed E-state index contributed by atoms with van der Waals surface area (Å²) in [7, 11) is 0. The lowest BCUT2D eigenvalue weighted by atomic mass is 9.83. The Morgan fingerprint density at radius 3 is 1.98 bits per heavy atom. The molecule has 0 saturated carbocycles. The van der Waals surface area contributed by atoms with Crippen molar-refractivity contribution in [3.8, 4) is 28.3 Å². The summed E-state index contributed by atoms with van der Waals surface area (Å²) in [6.45, 7) is 0. The van der Waals surface area contributed by atoms with Gasteiger partial charge in [0.25, 0.3) is 11.1 Å². The van der Waals surface area contributed by atoms with Crippen molar-refractivity contribution < 1.29 is 14.6 Å². The van der Waals surface area contributed by atoms with Gasteiger partial charge in [-0.1, -0.05) is 84.9 Å². The van der Waals surface area contributed by atoms with E-state index in [-0.39, 0.29) is 22.6 Å². The van der Waals surface area contributed by atoms with E-state index >= 15 is 0 Å². The molecule has 2 heterocycles. The number of halogens is 1. The Labute approximate surface area is 250 Å². The Morgan fingerprint density at radius 2 is 1.25 bits per heavy atom. The van der Waals surface area contributed by atoms with Crippen molar-refractivity contribution in [3.05, 3.63) is 171 Å². The van der Waals surface area contributed by atoms with Crippen LogP contribution in [-0.4, -0.2) is 19.8 Å². The molecule has 1 atom stereocenters. The first-order valence-corrected chi connectivity index (χ1v) is 14.0. The molecule has 7 heteroatoms. The van der Waals surface area contributed by atoms with Crippen molar-refractivity contribution in [3.63, 3.8) is 0 Å². The minimum Gasteiger partial charge on any atom is -0.507 e. The van der Waals surface area contributed by atoms with Gasteiger partial charge >= 0.3 is 0 Å². The summed E-state index contributed by atoms with van der Waals surface area (Å²) in [6.07, 6.45) is 0. The van der Waals surface area contributed by atoms with E-state index in [1.807, 2.05) is 42.5 Å². The van der Waals surface area contributed by atoms with Crippen LogP contribution < -0.4 is 11.1 Å². The summed E-state index contributed by atoms with van der Waals surface area (Å²) in [5.41, 5.74) is 1.83. The molecule has 0 bridgehead atoms. The number of hydrogen-bond donors (Lipinski definition) is 3. The van der Waals surface area contributed by atoms with E-state index in [4.69, 9.17) is 0 Å². The number of para-hydroxylation sites is 3. The van der Waals surface area contributed by atoms with Crippen molar-refractivity contribution in [2.45, 2.75) is 5.92 Å². The van der Waals surface area contributed by atoms with Gasteiger partial charge in [0.05, 0.1) is 28.1 Å². The largest absolute Gasteiger partial charge is 0.507 e. The van der Waals surface area contributed by atoms with Gasteiger partial charge < -0.3 is 15.2 Å². The molecule has 0 aliphatic carbocycles. The van der Waals surface area contributed by atoms with Crippen molar-refractivity contribution in [2.75, 3.05) is 0 Å². The molecule has 7 aromatic rings. The van der Waals surface area contributed by atoms with E-state index in [2.05, 4.69) is 4.98 Å². The highest BCUT2D eigenvalue weighted by molar-refractivity contribution is 5.97. The maximum atomic E-state index is 14.5. The Hall–Kier alpha value is -5.95. The molecule has 5 aromatic carbocycles. The predicted molar refractivity (Wildman–Crippen MR) is 170 cm³/mol. The maximum Gasteiger partial charge on any atom is 0.263 e. The van der Waals surface area contributed by atoms with Crippen LogP contribution in [0.1, 0.15) is 22.6 Å². The molecule has 0 amide bonds. The van der Waals surface area contributed by atoms with Gasteiger partial charge in [-0.05, 0) is 53.6 Å². The molecule has 7 rings (SSSR count).